The lowest BCUT2D eigenvalue weighted by Gasteiger charge is -2.34. The molecule has 1 saturated heterocycles. The molecule has 0 bridgehead atoms. The number of aryl methyl sites for hydroxylation is 1. The van der Waals surface area contributed by atoms with Crippen LogP contribution >= 0.6 is 23.2 Å². The summed E-state index contributed by atoms with van der Waals surface area (Å²) in [6.07, 6.45) is 0.817. The summed E-state index contributed by atoms with van der Waals surface area (Å²) in [6, 6.07) is 5.11. The third kappa shape index (κ3) is 3.71. The molecule has 2 aromatic rings. The van der Waals surface area contributed by atoms with Gasteiger partial charge in [-0.15, -0.1) is 0 Å². The Balaban J connectivity index is 1.59. The van der Waals surface area contributed by atoms with Crippen LogP contribution in [0, 0.1) is 0 Å². The maximum absolute atomic E-state index is 12.7. The molecule has 0 spiro atoms. The Morgan fingerprint density at radius 1 is 1.21 bits per heavy atom. The number of aromatic amines is 1. The molecule has 3 rings (SSSR count). The minimum absolute atomic E-state index is 0.113. The molecule has 1 aromatic carbocycles. The largest absolute Gasteiger partial charge is 0.336 e. The summed E-state index contributed by atoms with van der Waals surface area (Å²) in [6.45, 7) is 5.55. The standard InChI is InChI=1S/C16H19Cl2N5O/c1-2-13-19-14(21-20-13)10-22-6-8-23(9-7-22)16(24)15-11(17)4-3-5-12(15)18/h3-5H,2,6-10H2,1H3,(H,19,20,21). The highest BCUT2D eigenvalue weighted by atomic mass is 35.5. The quantitative estimate of drug-likeness (QED) is 0.901. The molecule has 1 aromatic heterocycles. The molecule has 1 aliphatic rings. The van der Waals surface area contributed by atoms with Crippen LogP contribution in [0.25, 0.3) is 0 Å². The number of hydrogen-bond acceptors (Lipinski definition) is 4. The minimum Gasteiger partial charge on any atom is -0.336 e. The zero-order chi connectivity index (χ0) is 17.1. The molecule has 6 nitrogen and oxygen atoms in total. The predicted octanol–water partition coefficient (Wildman–Crippen LogP) is 2.63. The van der Waals surface area contributed by atoms with E-state index in [-0.39, 0.29) is 5.91 Å². The molecule has 1 amide bonds. The number of piperazine rings is 1. The van der Waals surface area contributed by atoms with Crippen LogP contribution < -0.4 is 0 Å². The van der Waals surface area contributed by atoms with E-state index < -0.39 is 0 Å². The van der Waals surface area contributed by atoms with Crippen molar-refractivity contribution in [3.63, 3.8) is 0 Å². The summed E-state index contributed by atoms with van der Waals surface area (Å²) in [5.41, 5.74) is 0.386. The van der Waals surface area contributed by atoms with Crippen molar-refractivity contribution < 1.29 is 4.79 Å². The smallest absolute Gasteiger partial charge is 0.256 e. The number of carbonyl (C=O) groups is 1. The normalized spacial score (nSPS) is 15.7. The minimum atomic E-state index is -0.113. The Morgan fingerprint density at radius 3 is 2.46 bits per heavy atom. The molecule has 0 saturated carbocycles. The van der Waals surface area contributed by atoms with Gasteiger partial charge < -0.3 is 4.90 Å². The van der Waals surface area contributed by atoms with Crippen molar-refractivity contribution >= 4 is 29.1 Å². The van der Waals surface area contributed by atoms with E-state index in [2.05, 4.69) is 20.1 Å². The third-order valence-electron chi connectivity index (χ3n) is 4.10. The fourth-order valence-electron chi connectivity index (χ4n) is 2.74. The molecule has 2 heterocycles. The molecular formula is C16H19Cl2N5O. The highest BCUT2D eigenvalue weighted by molar-refractivity contribution is 6.39. The van der Waals surface area contributed by atoms with Crippen LogP contribution in [0.4, 0.5) is 0 Å². The number of nitrogens with one attached hydrogen (secondary N) is 1. The first-order valence-electron chi connectivity index (χ1n) is 7.94. The molecule has 0 atom stereocenters. The number of carbonyl (C=O) groups excluding carboxylic acids is 1. The monoisotopic (exact) mass is 367 g/mol. The van der Waals surface area contributed by atoms with Gasteiger partial charge in [-0.2, -0.15) is 5.10 Å². The van der Waals surface area contributed by atoms with Crippen molar-refractivity contribution in [3.05, 3.63) is 45.5 Å². The zero-order valence-corrected chi connectivity index (χ0v) is 14.9. The molecule has 0 unspecified atom stereocenters. The van der Waals surface area contributed by atoms with Gasteiger partial charge >= 0.3 is 0 Å². The van der Waals surface area contributed by atoms with Crippen molar-refractivity contribution in [2.24, 2.45) is 0 Å². The van der Waals surface area contributed by atoms with Gasteiger partial charge in [-0.05, 0) is 12.1 Å². The third-order valence-corrected chi connectivity index (χ3v) is 4.73. The molecule has 1 N–H and O–H groups in total. The number of aromatic nitrogens is 3. The average Bonchev–Trinajstić information content (AvgIpc) is 3.03. The second kappa shape index (κ2) is 7.51. The number of hydrogen-bond donors (Lipinski definition) is 1. The second-order valence-corrected chi connectivity index (χ2v) is 6.53. The fourth-order valence-corrected chi connectivity index (χ4v) is 3.30. The van der Waals surface area contributed by atoms with E-state index in [9.17, 15) is 4.79 Å². The number of rotatable bonds is 4. The Labute approximate surface area is 150 Å². The summed E-state index contributed by atoms with van der Waals surface area (Å²) in [5, 5.41) is 7.89. The van der Waals surface area contributed by atoms with Crippen LogP contribution in [0.3, 0.4) is 0 Å². The molecule has 0 radical (unpaired) electrons. The van der Waals surface area contributed by atoms with Crippen molar-refractivity contribution in [1.29, 1.82) is 0 Å². The Morgan fingerprint density at radius 2 is 1.88 bits per heavy atom. The van der Waals surface area contributed by atoms with Crippen LogP contribution in [0.15, 0.2) is 18.2 Å². The molecule has 1 aliphatic heterocycles. The number of halogens is 2. The van der Waals surface area contributed by atoms with E-state index in [1.807, 2.05) is 6.92 Å². The van der Waals surface area contributed by atoms with Crippen molar-refractivity contribution in [2.75, 3.05) is 26.2 Å². The maximum atomic E-state index is 12.7. The van der Waals surface area contributed by atoms with Gasteiger partial charge in [-0.3, -0.25) is 14.8 Å². The topological polar surface area (TPSA) is 65.1 Å². The van der Waals surface area contributed by atoms with Gasteiger partial charge in [0.1, 0.15) is 11.6 Å². The number of benzene rings is 1. The highest BCUT2D eigenvalue weighted by Crippen LogP contribution is 2.26. The van der Waals surface area contributed by atoms with Gasteiger partial charge in [0.2, 0.25) is 0 Å². The van der Waals surface area contributed by atoms with Gasteiger partial charge in [0, 0.05) is 32.6 Å². The predicted molar refractivity (Wildman–Crippen MR) is 93.4 cm³/mol. The van der Waals surface area contributed by atoms with E-state index in [4.69, 9.17) is 23.2 Å². The van der Waals surface area contributed by atoms with Crippen LogP contribution in [-0.2, 0) is 13.0 Å². The molecular weight excluding hydrogens is 349 g/mol. The summed E-state index contributed by atoms with van der Waals surface area (Å²) in [4.78, 5) is 21.1. The molecule has 128 valence electrons. The van der Waals surface area contributed by atoms with Gasteiger partial charge in [0.25, 0.3) is 5.91 Å². The zero-order valence-electron chi connectivity index (χ0n) is 13.4. The first-order chi connectivity index (χ1) is 11.6. The maximum Gasteiger partial charge on any atom is 0.256 e. The van der Waals surface area contributed by atoms with Crippen LogP contribution in [0.1, 0.15) is 28.9 Å². The lowest BCUT2D eigenvalue weighted by molar-refractivity contribution is 0.0626. The molecule has 0 aliphatic carbocycles. The number of amides is 1. The summed E-state index contributed by atoms with van der Waals surface area (Å²) < 4.78 is 0. The van der Waals surface area contributed by atoms with Crippen LogP contribution in [0.2, 0.25) is 10.0 Å². The van der Waals surface area contributed by atoms with Gasteiger partial charge in [0.05, 0.1) is 22.2 Å². The lowest BCUT2D eigenvalue weighted by Crippen LogP contribution is -2.48. The van der Waals surface area contributed by atoms with E-state index in [0.29, 0.717) is 35.2 Å². The van der Waals surface area contributed by atoms with E-state index in [1.54, 1.807) is 23.1 Å². The summed E-state index contributed by atoms with van der Waals surface area (Å²) in [7, 11) is 0. The first-order valence-corrected chi connectivity index (χ1v) is 8.70. The Bertz CT molecular complexity index is 705. The lowest BCUT2D eigenvalue weighted by atomic mass is 10.1. The van der Waals surface area contributed by atoms with Crippen LogP contribution in [-0.4, -0.2) is 57.1 Å². The van der Waals surface area contributed by atoms with Gasteiger partial charge in [0.15, 0.2) is 0 Å². The molecule has 24 heavy (non-hydrogen) atoms. The summed E-state index contributed by atoms with van der Waals surface area (Å²) in [5.74, 6) is 1.58. The van der Waals surface area contributed by atoms with Gasteiger partial charge in [-0.25, -0.2) is 4.98 Å². The van der Waals surface area contributed by atoms with Crippen molar-refractivity contribution in [1.82, 2.24) is 25.0 Å². The van der Waals surface area contributed by atoms with Crippen molar-refractivity contribution in [2.45, 2.75) is 19.9 Å². The van der Waals surface area contributed by atoms with Crippen molar-refractivity contribution in [3.8, 4) is 0 Å². The number of H-pyrrole nitrogens is 1. The fraction of sp³-hybridized carbons (Fsp3) is 0.438. The Hall–Kier alpha value is -1.63. The summed E-state index contributed by atoms with van der Waals surface area (Å²) >= 11 is 12.3. The van der Waals surface area contributed by atoms with Crippen LogP contribution in [0.5, 0.6) is 0 Å². The highest BCUT2D eigenvalue weighted by Gasteiger charge is 2.25. The van der Waals surface area contributed by atoms with E-state index in [0.717, 1.165) is 31.2 Å². The first kappa shape index (κ1) is 17.2. The van der Waals surface area contributed by atoms with Gasteiger partial charge in [-0.1, -0.05) is 36.2 Å². The molecule has 8 heteroatoms. The SMILES string of the molecule is CCc1n[nH]c(CN2CCN(C(=O)c3c(Cl)cccc3Cl)CC2)n1. The number of nitrogens with zero attached hydrogens (tertiary/aromatic N) is 4. The van der Waals surface area contributed by atoms with E-state index in [1.165, 1.54) is 0 Å². The Kier molecular flexibility index (Phi) is 5.38. The average molecular weight is 368 g/mol. The second-order valence-electron chi connectivity index (χ2n) is 5.72. The van der Waals surface area contributed by atoms with E-state index >= 15 is 0 Å². The molecule has 1 fully saturated rings.